The first kappa shape index (κ1) is 20.1. The lowest BCUT2D eigenvalue weighted by atomic mass is 10.2. The first-order valence-electron chi connectivity index (χ1n) is 8.30. The van der Waals surface area contributed by atoms with Crippen LogP contribution in [0.15, 0.2) is 63.3 Å². The molecule has 144 valence electrons. The van der Waals surface area contributed by atoms with Crippen molar-refractivity contribution in [2.75, 3.05) is 12.5 Å². The molecule has 2 aromatic carbocycles. The van der Waals surface area contributed by atoms with Crippen LogP contribution in [-0.4, -0.2) is 32.7 Å². The molecule has 0 fully saturated rings. The van der Waals surface area contributed by atoms with Crippen LogP contribution in [0, 0.1) is 0 Å². The number of anilines is 1. The minimum atomic E-state index is -0.163. The zero-order valence-corrected chi connectivity index (χ0v) is 17.9. The first-order valence-corrected chi connectivity index (χ1v) is 9.90. The zero-order valence-electron chi connectivity index (χ0n) is 15.5. The van der Waals surface area contributed by atoms with Gasteiger partial charge in [0.25, 0.3) is 0 Å². The van der Waals surface area contributed by atoms with Crippen molar-refractivity contribution in [1.82, 2.24) is 14.8 Å². The molecule has 0 aliphatic rings. The molecule has 0 atom stereocenters. The SMILES string of the molecule is COc1ccc(-c2nnc(SC(=NNc3ccc(Br)cc3)C(C)=O)n2C)cc1. The van der Waals surface area contributed by atoms with Crippen LogP contribution >= 0.6 is 27.7 Å². The van der Waals surface area contributed by atoms with E-state index in [9.17, 15) is 4.79 Å². The summed E-state index contributed by atoms with van der Waals surface area (Å²) in [5.41, 5.74) is 4.58. The largest absolute Gasteiger partial charge is 0.497 e. The van der Waals surface area contributed by atoms with Crippen molar-refractivity contribution in [2.24, 2.45) is 12.1 Å². The molecular weight excluding hydrogens is 442 g/mol. The van der Waals surface area contributed by atoms with Crippen LogP contribution in [-0.2, 0) is 11.8 Å². The van der Waals surface area contributed by atoms with E-state index in [-0.39, 0.29) is 5.78 Å². The number of carbonyl (C=O) groups is 1. The standard InChI is InChI=1S/C19H18BrN5O2S/c1-12(26)18(23-21-15-8-6-14(20)7-9-15)28-19-24-22-17(25(19)2)13-4-10-16(27-3)11-5-13/h4-11,21H,1-3H3. The molecule has 7 nitrogen and oxygen atoms in total. The van der Waals surface area contributed by atoms with Gasteiger partial charge >= 0.3 is 0 Å². The second kappa shape index (κ2) is 9.03. The second-order valence-corrected chi connectivity index (χ2v) is 7.66. The van der Waals surface area contributed by atoms with Crippen LogP contribution in [0.25, 0.3) is 11.4 Å². The molecule has 1 N–H and O–H groups in total. The lowest BCUT2D eigenvalue weighted by Crippen LogP contribution is -2.09. The van der Waals surface area contributed by atoms with Gasteiger partial charge in [0.15, 0.2) is 21.8 Å². The lowest BCUT2D eigenvalue weighted by Gasteiger charge is -2.06. The Morgan fingerprint density at radius 1 is 1.14 bits per heavy atom. The number of thioether (sulfide) groups is 1. The van der Waals surface area contributed by atoms with Crippen molar-refractivity contribution >= 4 is 44.2 Å². The average molecular weight is 460 g/mol. The number of nitrogens with zero attached hydrogens (tertiary/aromatic N) is 4. The fourth-order valence-corrected chi connectivity index (χ4v) is 3.27. The van der Waals surface area contributed by atoms with E-state index < -0.39 is 0 Å². The van der Waals surface area contributed by atoms with Gasteiger partial charge in [-0.2, -0.15) is 5.10 Å². The minimum absolute atomic E-state index is 0.163. The van der Waals surface area contributed by atoms with E-state index in [1.807, 2.05) is 60.1 Å². The maximum absolute atomic E-state index is 12.0. The Morgan fingerprint density at radius 3 is 2.43 bits per heavy atom. The van der Waals surface area contributed by atoms with Crippen LogP contribution in [0.4, 0.5) is 5.69 Å². The number of carbonyl (C=O) groups excluding carboxylic acids is 1. The highest BCUT2D eigenvalue weighted by atomic mass is 79.9. The van der Waals surface area contributed by atoms with Crippen LogP contribution in [0.2, 0.25) is 0 Å². The van der Waals surface area contributed by atoms with Crippen molar-refractivity contribution in [2.45, 2.75) is 12.1 Å². The van der Waals surface area contributed by atoms with Gasteiger partial charge < -0.3 is 9.30 Å². The molecule has 1 heterocycles. The third kappa shape index (κ3) is 4.79. The molecule has 0 spiro atoms. The van der Waals surface area contributed by atoms with Gasteiger partial charge in [0, 0.05) is 24.0 Å². The molecule has 0 radical (unpaired) electrons. The molecule has 9 heteroatoms. The maximum Gasteiger partial charge on any atom is 0.197 e. The molecule has 0 unspecified atom stereocenters. The Hall–Kier alpha value is -2.65. The number of hydrazone groups is 1. The predicted octanol–water partition coefficient (Wildman–Crippen LogP) is 4.36. The van der Waals surface area contributed by atoms with Crippen LogP contribution in [0.3, 0.4) is 0 Å². The van der Waals surface area contributed by atoms with Gasteiger partial charge in [0.1, 0.15) is 5.75 Å². The maximum atomic E-state index is 12.0. The van der Waals surface area contributed by atoms with Crippen LogP contribution in [0.5, 0.6) is 5.75 Å². The highest BCUT2D eigenvalue weighted by Crippen LogP contribution is 2.25. The molecule has 28 heavy (non-hydrogen) atoms. The average Bonchev–Trinajstić information content (AvgIpc) is 3.06. The fraction of sp³-hybridized carbons (Fsp3) is 0.158. The Kier molecular flexibility index (Phi) is 6.48. The number of aromatic nitrogens is 3. The predicted molar refractivity (Wildman–Crippen MR) is 115 cm³/mol. The Balaban J connectivity index is 1.79. The van der Waals surface area contributed by atoms with E-state index in [4.69, 9.17) is 4.74 Å². The molecule has 0 bridgehead atoms. The van der Waals surface area contributed by atoms with Gasteiger partial charge in [-0.15, -0.1) is 10.2 Å². The van der Waals surface area contributed by atoms with Gasteiger partial charge in [0.05, 0.1) is 12.8 Å². The third-order valence-electron chi connectivity index (χ3n) is 3.80. The number of ketones is 1. The normalized spacial score (nSPS) is 11.4. The Labute approximate surface area is 175 Å². The van der Waals surface area contributed by atoms with Gasteiger partial charge in [0.2, 0.25) is 0 Å². The summed E-state index contributed by atoms with van der Waals surface area (Å²) in [6.07, 6.45) is 0. The summed E-state index contributed by atoms with van der Waals surface area (Å²) in [4.78, 5) is 12.0. The summed E-state index contributed by atoms with van der Waals surface area (Å²) in [5.74, 6) is 1.29. The van der Waals surface area contributed by atoms with E-state index >= 15 is 0 Å². The summed E-state index contributed by atoms with van der Waals surface area (Å²) < 4.78 is 7.97. The fourth-order valence-electron chi connectivity index (χ4n) is 2.29. The minimum Gasteiger partial charge on any atom is -0.497 e. The van der Waals surface area contributed by atoms with Crippen LogP contribution in [0.1, 0.15) is 6.92 Å². The summed E-state index contributed by atoms with van der Waals surface area (Å²) in [7, 11) is 3.47. The van der Waals surface area contributed by atoms with Gasteiger partial charge in [-0.25, -0.2) is 0 Å². The number of methoxy groups -OCH3 is 1. The number of Topliss-reactive ketones (excluding diaryl/α,β-unsaturated/α-hetero) is 1. The number of hydrogen-bond acceptors (Lipinski definition) is 7. The third-order valence-corrected chi connectivity index (χ3v) is 5.44. The number of nitrogens with one attached hydrogen (secondary N) is 1. The molecule has 3 rings (SSSR count). The van der Waals surface area contributed by atoms with E-state index in [1.165, 1.54) is 6.92 Å². The van der Waals surface area contributed by atoms with Crippen molar-refractivity contribution < 1.29 is 9.53 Å². The van der Waals surface area contributed by atoms with Crippen molar-refractivity contribution in [3.8, 4) is 17.1 Å². The van der Waals surface area contributed by atoms with E-state index in [0.717, 1.165) is 33.2 Å². The Bertz CT molecular complexity index is 1000. The molecule has 0 saturated carbocycles. The molecule has 1 aromatic heterocycles. The van der Waals surface area contributed by atoms with Crippen molar-refractivity contribution in [1.29, 1.82) is 0 Å². The molecule has 0 aliphatic carbocycles. The molecule has 3 aromatic rings. The van der Waals surface area contributed by atoms with Gasteiger partial charge in [-0.05, 0) is 60.3 Å². The van der Waals surface area contributed by atoms with Crippen LogP contribution < -0.4 is 10.2 Å². The van der Waals surface area contributed by atoms with Crippen molar-refractivity contribution in [3.63, 3.8) is 0 Å². The topological polar surface area (TPSA) is 81.4 Å². The smallest absolute Gasteiger partial charge is 0.197 e. The van der Waals surface area contributed by atoms with Crippen molar-refractivity contribution in [3.05, 3.63) is 53.0 Å². The summed E-state index contributed by atoms with van der Waals surface area (Å²) >= 11 is 4.55. The van der Waals surface area contributed by atoms with Gasteiger partial charge in [-0.3, -0.25) is 10.2 Å². The van der Waals surface area contributed by atoms with Gasteiger partial charge in [-0.1, -0.05) is 15.9 Å². The summed E-state index contributed by atoms with van der Waals surface area (Å²) in [6, 6.07) is 15.0. The second-order valence-electron chi connectivity index (χ2n) is 5.79. The zero-order chi connectivity index (χ0) is 20.1. The molecule has 0 saturated heterocycles. The summed E-state index contributed by atoms with van der Waals surface area (Å²) in [5, 5.41) is 13.5. The van der Waals surface area contributed by atoms with E-state index in [1.54, 1.807) is 7.11 Å². The summed E-state index contributed by atoms with van der Waals surface area (Å²) in [6.45, 7) is 1.47. The number of benzene rings is 2. The Morgan fingerprint density at radius 2 is 1.82 bits per heavy atom. The number of rotatable bonds is 6. The van der Waals surface area contributed by atoms with E-state index in [2.05, 4.69) is 36.7 Å². The number of ether oxygens (including phenoxy) is 1. The quantitative estimate of drug-likeness (QED) is 0.255. The molecular formula is C19H18BrN5O2S. The lowest BCUT2D eigenvalue weighted by molar-refractivity contribution is -0.110. The molecule has 0 aliphatic heterocycles. The highest BCUT2D eigenvalue weighted by Gasteiger charge is 2.16. The molecule has 0 amide bonds. The number of halogens is 1. The van der Waals surface area contributed by atoms with E-state index in [0.29, 0.717) is 16.0 Å². The monoisotopic (exact) mass is 459 g/mol. The first-order chi connectivity index (χ1) is 13.5. The highest BCUT2D eigenvalue weighted by molar-refractivity contribution is 9.10. The number of hydrogen-bond donors (Lipinski definition) is 1.